The van der Waals surface area contributed by atoms with E-state index in [9.17, 15) is 13.2 Å². The molecular weight excluding hydrogens is 353 g/mol. The lowest BCUT2D eigenvalue weighted by Gasteiger charge is -2.27. The average molecular weight is 380 g/mol. The van der Waals surface area contributed by atoms with E-state index >= 15 is 0 Å². The zero-order chi connectivity index (χ0) is 20.4. The molecule has 7 heteroatoms. The van der Waals surface area contributed by atoms with Gasteiger partial charge in [-0.2, -0.15) is 18.2 Å². The van der Waals surface area contributed by atoms with Crippen LogP contribution in [0, 0.1) is 6.92 Å². The van der Waals surface area contributed by atoms with Gasteiger partial charge in [-0.15, -0.1) is 0 Å². The summed E-state index contributed by atoms with van der Waals surface area (Å²) in [5, 5.41) is 3.30. The second-order valence-electron chi connectivity index (χ2n) is 7.75. The first-order chi connectivity index (χ1) is 12.4. The summed E-state index contributed by atoms with van der Waals surface area (Å²) >= 11 is 0. The molecule has 0 unspecified atom stereocenters. The molecule has 3 N–H and O–H groups in total. The third-order valence-electron chi connectivity index (χ3n) is 4.65. The molecule has 0 saturated carbocycles. The van der Waals surface area contributed by atoms with E-state index in [0.29, 0.717) is 6.42 Å². The maximum atomic E-state index is 12.8. The molecule has 2 rings (SSSR count). The van der Waals surface area contributed by atoms with Gasteiger partial charge in [0, 0.05) is 17.3 Å². The number of nitrogens with zero attached hydrogens (tertiary/aromatic N) is 2. The highest BCUT2D eigenvalue weighted by Crippen LogP contribution is 2.34. The molecule has 0 aliphatic rings. The zero-order valence-corrected chi connectivity index (χ0v) is 16.4. The van der Waals surface area contributed by atoms with Crippen LogP contribution < -0.4 is 11.1 Å². The molecule has 1 aromatic heterocycles. The van der Waals surface area contributed by atoms with Gasteiger partial charge in [-0.05, 0) is 56.7 Å². The third kappa shape index (κ3) is 5.34. The largest absolute Gasteiger partial charge is 0.416 e. The fourth-order valence-electron chi connectivity index (χ4n) is 3.00. The Kier molecular flexibility index (Phi) is 6.02. The van der Waals surface area contributed by atoms with Gasteiger partial charge < -0.3 is 11.1 Å². The Hall–Kier alpha value is -2.31. The van der Waals surface area contributed by atoms with Crippen LogP contribution in [0.2, 0.25) is 0 Å². The maximum absolute atomic E-state index is 12.8. The predicted molar refractivity (Wildman–Crippen MR) is 103 cm³/mol. The van der Waals surface area contributed by atoms with Crippen LogP contribution in [0.15, 0.2) is 24.3 Å². The van der Waals surface area contributed by atoms with Crippen molar-refractivity contribution in [3.63, 3.8) is 0 Å². The number of halogens is 3. The number of aromatic nitrogens is 2. The minimum atomic E-state index is -4.32. The van der Waals surface area contributed by atoms with Gasteiger partial charge >= 0.3 is 6.18 Å². The SMILES string of the molecule is Cc1nc(N)nc(NC(C)C)c1CCC(C)(C)c1ccc(C(F)(F)F)cc1. The quantitative estimate of drug-likeness (QED) is 0.730. The molecule has 0 bridgehead atoms. The number of hydrogen-bond donors (Lipinski definition) is 2. The van der Waals surface area contributed by atoms with Crippen molar-refractivity contribution in [3.05, 3.63) is 46.6 Å². The number of hydrogen-bond acceptors (Lipinski definition) is 4. The number of rotatable bonds is 6. The Labute approximate surface area is 158 Å². The van der Waals surface area contributed by atoms with Crippen molar-refractivity contribution >= 4 is 11.8 Å². The fraction of sp³-hybridized carbons (Fsp3) is 0.500. The molecule has 4 nitrogen and oxygen atoms in total. The number of anilines is 2. The van der Waals surface area contributed by atoms with E-state index in [1.807, 2.05) is 34.6 Å². The molecule has 0 aliphatic heterocycles. The molecule has 0 aliphatic carbocycles. The van der Waals surface area contributed by atoms with Crippen molar-refractivity contribution in [2.75, 3.05) is 11.1 Å². The number of nitrogen functional groups attached to an aromatic ring is 1. The summed E-state index contributed by atoms with van der Waals surface area (Å²) in [6.07, 6.45) is -2.90. The van der Waals surface area contributed by atoms with E-state index in [2.05, 4.69) is 15.3 Å². The first kappa shape index (κ1) is 21.0. The monoisotopic (exact) mass is 380 g/mol. The van der Waals surface area contributed by atoms with E-state index < -0.39 is 11.7 Å². The first-order valence-corrected chi connectivity index (χ1v) is 8.97. The van der Waals surface area contributed by atoms with Gasteiger partial charge in [0.05, 0.1) is 5.56 Å². The molecule has 0 saturated heterocycles. The number of nitrogens with one attached hydrogen (secondary N) is 1. The van der Waals surface area contributed by atoms with Crippen molar-refractivity contribution in [2.24, 2.45) is 0 Å². The van der Waals surface area contributed by atoms with Crippen LogP contribution in [0.25, 0.3) is 0 Å². The zero-order valence-electron chi connectivity index (χ0n) is 16.4. The number of nitrogens with two attached hydrogens (primary N) is 1. The van der Waals surface area contributed by atoms with E-state index in [0.717, 1.165) is 41.2 Å². The standard InChI is InChI=1S/C20H27F3N4/c1-12(2)25-17-16(13(3)26-18(24)27-17)10-11-19(4,5)14-6-8-15(9-7-14)20(21,22)23/h6-9,12H,10-11H2,1-5H3,(H3,24,25,26,27). The highest BCUT2D eigenvalue weighted by atomic mass is 19.4. The second kappa shape index (κ2) is 7.74. The molecule has 148 valence electrons. The second-order valence-corrected chi connectivity index (χ2v) is 7.75. The summed E-state index contributed by atoms with van der Waals surface area (Å²) in [6.45, 7) is 9.98. The summed E-state index contributed by atoms with van der Waals surface area (Å²) in [5.41, 5.74) is 7.50. The number of aryl methyl sites for hydroxylation is 1. The third-order valence-corrected chi connectivity index (χ3v) is 4.65. The summed E-state index contributed by atoms with van der Waals surface area (Å²) in [7, 11) is 0. The molecule has 0 amide bonds. The van der Waals surface area contributed by atoms with E-state index in [-0.39, 0.29) is 17.4 Å². The lowest BCUT2D eigenvalue weighted by atomic mass is 9.79. The average Bonchev–Trinajstić information content (AvgIpc) is 2.52. The highest BCUT2D eigenvalue weighted by molar-refractivity contribution is 5.50. The van der Waals surface area contributed by atoms with Crippen molar-refractivity contribution < 1.29 is 13.2 Å². The first-order valence-electron chi connectivity index (χ1n) is 8.97. The van der Waals surface area contributed by atoms with Crippen LogP contribution in [0.1, 0.15) is 56.5 Å². The molecule has 27 heavy (non-hydrogen) atoms. The van der Waals surface area contributed by atoms with Crippen LogP contribution >= 0.6 is 0 Å². The maximum Gasteiger partial charge on any atom is 0.416 e. The van der Waals surface area contributed by atoms with Crippen molar-refractivity contribution in [2.45, 2.75) is 65.1 Å². The summed E-state index contributed by atoms with van der Waals surface area (Å²) in [5.74, 6) is 0.944. The molecular formula is C20H27F3N4. The Balaban J connectivity index is 2.22. The Morgan fingerprint density at radius 2 is 1.59 bits per heavy atom. The smallest absolute Gasteiger partial charge is 0.368 e. The summed E-state index contributed by atoms with van der Waals surface area (Å²) in [4.78, 5) is 8.57. The van der Waals surface area contributed by atoms with Gasteiger partial charge in [-0.3, -0.25) is 0 Å². The van der Waals surface area contributed by atoms with Crippen LogP contribution in [0.3, 0.4) is 0 Å². The van der Waals surface area contributed by atoms with Crippen LogP contribution in [0.4, 0.5) is 24.9 Å². The topological polar surface area (TPSA) is 63.8 Å². The van der Waals surface area contributed by atoms with E-state index in [1.165, 1.54) is 0 Å². The minimum absolute atomic E-state index is 0.195. The van der Waals surface area contributed by atoms with Gasteiger partial charge in [-0.25, -0.2) is 4.98 Å². The molecule has 0 radical (unpaired) electrons. The van der Waals surface area contributed by atoms with Crippen LogP contribution in [-0.2, 0) is 18.0 Å². The molecule has 0 atom stereocenters. The number of alkyl halides is 3. The lowest BCUT2D eigenvalue weighted by Crippen LogP contribution is -2.21. The van der Waals surface area contributed by atoms with E-state index in [4.69, 9.17) is 5.73 Å². The lowest BCUT2D eigenvalue weighted by molar-refractivity contribution is -0.137. The molecule has 0 fully saturated rings. The summed E-state index contributed by atoms with van der Waals surface area (Å²) < 4.78 is 38.3. The molecule has 0 spiro atoms. The molecule has 1 heterocycles. The Morgan fingerprint density at radius 3 is 2.11 bits per heavy atom. The van der Waals surface area contributed by atoms with E-state index in [1.54, 1.807) is 12.1 Å². The number of benzene rings is 1. The Morgan fingerprint density at radius 1 is 1.04 bits per heavy atom. The molecule has 1 aromatic carbocycles. The van der Waals surface area contributed by atoms with Crippen molar-refractivity contribution in [1.82, 2.24) is 9.97 Å². The predicted octanol–water partition coefficient (Wildman–Crippen LogP) is 5.12. The fourth-order valence-corrected chi connectivity index (χ4v) is 3.00. The van der Waals surface area contributed by atoms with Crippen LogP contribution in [-0.4, -0.2) is 16.0 Å². The van der Waals surface area contributed by atoms with Gasteiger partial charge in [0.1, 0.15) is 5.82 Å². The highest BCUT2D eigenvalue weighted by Gasteiger charge is 2.31. The van der Waals surface area contributed by atoms with Crippen molar-refractivity contribution in [1.29, 1.82) is 0 Å². The minimum Gasteiger partial charge on any atom is -0.368 e. The van der Waals surface area contributed by atoms with Gasteiger partial charge in [0.2, 0.25) is 5.95 Å². The van der Waals surface area contributed by atoms with Gasteiger partial charge in [-0.1, -0.05) is 26.0 Å². The van der Waals surface area contributed by atoms with Gasteiger partial charge in [0.25, 0.3) is 0 Å². The Bertz CT molecular complexity index is 781. The van der Waals surface area contributed by atoms with Crippen molar-refractivity contribution in [3.8, 4) is 0 Å². The summed E-state index contributed by atoms with van der Waals surface area (Å²) in [6, 6.07) is 5.59. The van der Waals surface area contributed by atoms with Gasteiger partial charge in [0.15, 0.2) is 0 Å². The normalized spacial score (nSPS) is 12.5. The molecule has 2 aromatic rings. The van der Waals surface area contributed by atoms with Crippen LogP contribution in [0.5, 0.6) is 0 Å².